The molecular weight excluding hydrogens is 298 g/mol. The van der Waals surface area contributed by atoms with Gasteiger partial charge in [0.25, 0.3) is 0 Å². The third-order valence-electron chi connectivity index (χ3n) is 1.77. The maximum Gasteiger partial charge on any atom is 0.331 e. The number of nitroso groups, excluding NO2 is 1. The summed E-state index contributed by atoms with van der Waals surface area (Å²) in [7, 11) is -0.429. The summed E-state index contributed by atoms with van der Waals surface area (Å²) in [5.74, 6) is -3.35. The minimum absolute atomic E-state index is 0.0728. The molecule has 9 nitrogen and oxygen atoms in total. The first-order valence-electron chi connectivity index (χ1n) is 4.93. The number of carbonyl (C=O) groups is 3. The average molecular weight is 312 g/mol. The molecule has 11 heteroatoms. The number of amides is 1. The van der Waals surface area contributed by atoms with Gasteiger partial charge < -0.3 is 21.3 Å². The lowest BCUT2D eigenvalue weighted by atomic mass is 10.3. The van der Waals surface area contributed by atoms with Gasteiger partial charge in [0.1, 0.15) is 16.8 Å². The largest absolute Gasteiger partial charge is 0.480 e. The molecule has 0 rings (SSSR count). The van der Waals surface area contributed by atoms with E-state index in [9.17, 15) is 19.3 Å². The predicted octanol–water partition coefficient (Wildman–Crippen LogP) is -1.06. The maximum absolute atomic E-state index is 10.9. The van der Waals surface area contributed by atoms with Crippen LogP contribution in [0.4, 0.5) is 0 Å². The average Bonchev–Trinajstić information content (AvgIpc) is 2.31. The normalized spacial score (nSPS) is 15.1. The lowest BCUT2D eigenvalue weighted by Crippen LogP contribution is -2.44. The van der Waals surface area contributed by atoms with Crippen molar-refractivity contribution in [1.82, 2.24) is 5.32 Å². The van der Waals surface area contributed by atoms with Crippen molar-refractivity contribution in [3.8, 4) is 0 Å². The number of carboxylic acids is 2. The van der Waals surface area contributed by atoms with E-state index in [1.807, 2.05) is 0 Å². The Morgan fingerprint density at radius 3 is 2.32 bits per heavy atom. The van der Waals surface area contributed by atoms with Crippen LogP contribution in [0.5, 0.6) is 0 Å². The molecule has 5 N–H and O–H groups in total. The number of nitrogens with two attached hydrogens (primary N) is 1. The van der Waals surface area contributed by atoms with E-state index in [0.29, 0.717) is 0 Å². The Hall–Kier alpha value is -1.33. The molecule has 0 aromatic rings. The van der Waals surface area contributed by atoms with Crippen molar-refractivity contribution < 1.29 is 24.6 Å². The van der Waals surface area contributed by atoms with Crippen LogP contribution in [0.3, 0.4) is 0 Å². The highest BCUT2D eigenvalue weighted by molar-refractivity contribution is 8.73. The second-order valence-electron chi connectivity index (χ2n) is 3.38. The van der Waals surface area contributed by atoms with Crippen LogP contribution in [-0.4, -0.2) is 51.6 Å². The first-order valence-corrected chi connectivity index (χ1v) is 7.79. The molecule has 0 radical (unpaired) electrons. The zero-order chi connectivity index (χ0) is 15.0. The van der Waals surface area contributed by atoms with Gasteiger partial charge in [-0.05, 0) is 0 Å². The Bertz CT molecular complexity index is 366. The fourth-order valence-corrected chi connectivity index (χ4v) is 3.78. The molecule has 1 amide bonds. The number of rotatable bonds is 9. The molecule has 0 heterocycles. The van der Waals surface area contributed by atoms with Crippen molar-refractivity contribution >= 4 is 38.8 Å². The maximum atomic E-state index is 10.9. The third kappa shape index (κ3) is 7.64. The third-order valence-corrected chi connectivity index (χ3v) is 5.14. The number of aliphatic carboxylic acids is 2. The van der Waals surface area contributed by atoms with Crippen LogP contribution in [0.1, 0.15) is 6.92 Å². The zero-order valence-electron chi connectivity index (χ0n) is 9.94. The van der Waals surface area contributed by atoms with Gasteiger partial charge in [-0.15, -0.1) is 0 Å². The number of hydrogen-bond donors (Lipinski definition) is 4. The fourth-order valence-electron chi connectivity index (χ4n) is 0.886. The van der Waals surface area contributed by atoms with Gasteiger partial charge in [0.15, 0.2) is 16.4 Å². The van der Waals surface area contributed by atoms with E-state index >= 15 is 0 Å². The summed E-state index contributed by atoms with van der Waals surface area (Å²) in [6.45, 7) is 1.15. The summed E-state index contributed by atoms with van der Waals surface area (Å²) in [4.78, 5) is 42.7. The molecule has 0 spiro atoms. The van der Waals surface area contributed by atoms with Gasteiger partial charge in [-0.1, -0.05) is 4.91 Å². The topological polar surface area (TPSA) is 159 Å². The van der Waals surface area contributed by atoms with Gasteiger partial charge in [0.05, 0.1) is 5.75 Å². The van der Waals surface area contributed by atoms with Crippen LogP contribution < -0.4 is 11.1 Å². The number of carbonyl (C=O) groups excluding carboxylic acids is 1. The Labute approximate surface area is 115 Å². The number of carboxylic acid groups (broad SMARTS) is 2. The molecule has 0 aliphatic rings. The zero-order valence-corrected chi connectivity index (χ0v) is 11.6. The van der Waals surface area contributed by atoms with E-state index in [0.717, 1.165) is 17.7 Å². The van der Waals surface area contributed by atoms with Crippen molar-refractivity contribution in [2.45, 2.75) is 19.0 Å². The second kappa shape index (κ2) is 8.72. The Kier molecular flexibility index (Phi) is 8.11. The van der Waals surface area contributed by atoms with E-state index in [4.69, 9.17) is 15.9 Å². The quantitative estimate of drug-likeness (QED) is 0.238. The summed E-state index contributed by atoms with van der Waals surface area (Å²) in [6.07, 6.45) is 0. The molecule has 0 aliphatic carbocycles. The van der Waals surface area contributed by atoms with Crippen LogP contribution in [0, 0.1) is 4.91 Å². The Balaban J connectivity index is 4.43. The van der Waals surface area contributed by atoms with Crippen molar-refractivity contribution in [1.29, 1.82) is 0 Å². The van der Waals surface area contributed by atoms with Crippen LogP contribution >= 0.6 is 10.8 Å². The summed E-state index contributed by atoms with van der Waals surface area (Å²) in [5.41, 5.74) is 5.25. The fraction of sp³-hybridized carbons (Fsp3) is 0.625. The highest BCUT2D eigenvalue weighted by atomic mass is 33.1. The molecular formula is C8H14N3O6S2+. The lowest BCUT2D eigenvalue weighted by molar-refractivity contribution is -0.140. The van der Waals surface area contributed by atoms with Crippen molar-refractivity contribution in [2.75, 3.05) is 11.5 Å². The van der Waals surface area contributed by atoms with Gasteiger partial charge in [-0.2, -0.15) is 0 Å². The lowest BCUT2D eigenvalue weighted by Gasteiger charge is -2.09. The van der Waals surface area contributed by atoms with E-state index in [1.165, 1.54) is 0 Å². The second-order valence-corrected chi connectivity index (χ2v) is 6.94. The molecule has 0 aromatic heterocycles. The molecule has 19 heavy (non-hydrogen) atoms. The highest BCUT2D eigenvalue weighted by Crippen LogP contribution is 2.20. The summed E-state index contributed by atoms with van der Waals surface area (Å²) < 4.78 is 2.73. The van der Waals surface area contributed by atoms with E-state index in [-0.39, 0.29) is 11.5 Å². The van der Waals surface area contributed by atoms with Crippen LogP contribution in [0.25, 0.3) is 0 Å². The molecule has 0 saturated heterocycles. The van der Waals surface area contributed by atoms with Gasteiger partial charge in [0.2, 0.25) is 16.0 Å². The smallest absolute Gasteiger partial charge is 0.331 e. The van der Waals surface area contributed by atoms with Gasteiger partial charge in [-0.25, -0.2) is 4.79 Å². The molecule has 1 unspecified atom stereocenters. The minimum atomic E-state index is -1.29. The van der Waals surface area contributed by atoms with E-state index in [2.05, 4.69) is 9.90 Å². The summed E-state index contributed by atoms with van der Waals surface area (Å²) >= 11 is 0. The molecule has 0 aromatic carbocycles. The van der Waals surface area contributed by atoms with Crippen LogP contribution in [0.2, 0.25) is 0 Å². The molecule has 0 bridgehead atoms. The molecule has 0 fully saturated rings. The molecule has 3 atom stereocenters. The standard InChI is InChI=1S/C8H13N3O6S2/c1-4(12)10-6(8(15)16)3-19(11-17)18-2-5(9)7(13)14/h5-6H,2-3,9H2,1H3,(H2-,10,12,13,14,15,16)/p+1/t5-,6-,19?/m0/s1. The molecule has 108 valence electrons. The monoisotopic (exact) mass is 312 g/mol. The SMILES string of the molecule is CC(=O)N[C@@H](C[S+](N=O)SC[C@H](N)C(=O)O)C(=O)O. The first kappa shape index (κ1) is 17.7. The van der Waals surface area contributed by atoms with Crippen LogP contribution in [0.15, 0.2) is 4.58 Å². The van der Waals surface area contributed by atoms with Crippen LogP contribution in [-0.2, 0) is 24.5 Å². The number of nitrogens with one attached hydrogen (secondary N) is 1. The van der Waals surface area contributed by atoms with Crippen molar-refractivity contribution in [3.63, 3.8) is 0 Å². The van der Waals surface area contributed by atoms with E-state index in [1.54, 1.807) is 0 Å². The Morgan fingerprint density at radius 1 is 1.37 bits per heavy atom. The van der Waals surface area contributed by atoms with E-state index < -0.39 is 40.0 Å². The van der Waals surface area contributed by atoms with Gasteiger partial charge in [0, 0.05) is 6.92 Å². The number of nitrogens with zero attached hydrogens (tertiary/aromatic N) is 1. The Morgan fingerprint density at radius 2 is 1.95 bits per heavy atom. The molecule has 0 saturated carbocycles. The minimum Gasteiger partial charge on any atom is -0.480 e. The predicted molar refractivity (Wildman–Crippen MR) is 71.3 cm³/mol. The van der Waals surface area contributed by atoms with Gasteiger partial charge >= 0.3 is 11.9 Å². The highest BCUT2D eigenvalue weighted by Gasteiger charge is 2.34. The summed E-state index contributed by atoms with van der Waals surface area (Å²) in [5, 5.41) is 19.6. The van der Waals surface area contributed by atoms with Crippen molar-refractivity contribution in [3.05, 3.63) is 4.91 Å². The molecule has 0 aliphatic heterocycles. The van der Waals surface area contributed by atoms with Crippen molar-refractivity contribution in [2.24, 2.45) is 10.3 Å². The number of hydrogen-bond acceptors (Lipinski definition) is 7. The first-order chi connectivity index (χ1) is 8.77. The summed E-state index contributed by atoms with van der Waals surface area (Å²) in [6, 6.07) is -2.40. The van der Waals surface area contributed by atoms with Gasteiger partial charge in [-0.3, -0.25) is 9.59 Å².